The van der Waals surface area contributed by atoms with Crippen LogP contribution in [0, 0.1) is 0 Å². The molecule has 2 atom stereocenters. The van der Waals surface area contributed by atoms with Gasteiger partial charge in [-0.1, -0.05) is 32.1 Å². The largest absolute Gasteiger partial charge is 0.491 e. The maximum Gasteiger partial charge on any atom is 0.237 e. The van der Waals surface area contributed by atoms with Crippen LogP contribution in [0.4, 0.5) is 0 Å². The summed E-state index contributed by atoms with van der Waals surface area (Å²) in [7, 11) is 0. The number of aliphatic hydroxyl groups excluding tert-OH is 1. The van der Waals surface area contributed by atoms with E-state index in [2.05, 4.69) is 44.0 Å². The monoisotopic (exact) mass is 442 g/mol. The van der Waals surface area contributed by atoms with Gasteiger partial charge < -0.3 is 14.7 Å². The lowest BCUT2D eigenvalue weighted by Gasteiger charge is -2.37. The van der Waals surface area contributed by atoms with Crippen LogP contribution in [0.2, 0.25) is 0 Å². The van der Waals surface area contributed by atoms with Gasteiger partial charge in [-0.2, -0.15) is 0 Å². The van der Waals surface area contributed by atoms with E-state index in [0.29, 0.717) is 32.2 Å². The molecule has 0 unspecified atom stereocenters. The van der Waals surface area contributed by atoms with Crippen molar-refractivity contribution in [3.05, 3.63) is 64.4 Å². The fourth-order valence-electron chi connectivity index (χ4n) is 4.04. The minimum Gasteiger partial charge on any atom is -0.491 e. The van der Waals surface area contributed by atoms with Crippen LogP contribution in [0.3, 0.4) is 0 Å². The van der Waals surface area contributed by atoms with Gasteiger partial charge >= 0.3 is 0 Å². The fraction of sp³-hybridized carbons (Fsp3) is 0.480. The topological polar surface area (TPSA) is 53.0 Å². The van der Waals surface area contributed by atoms with E-state index in [0.717, 1.165) is 12.2 Å². The molecule has 3 rings (SSSR count). The number of thiophene rings is 1. The maximum absolute atomic E-state index is 13.3. The summed E-state index contributed by atoms with van der Waals surface area (Å²) in [4.78, 5) is 18.5. The summed E-state index contributed by atoms with van der Waals surface area (Å²) in [6.07, 6.45) is 2.14. The number of amides is 1. The van der Waals surface area contributed by atoms with Gasteiger partial charge in [0, 0.05) is 24.5 Å². The molecule has 0 bridgehead atoms. The Bertz CT molecular complexity index is 860. The number of nitrogens with zero attached hydrogens (tertiary/aromatic N) is 2. The molecule has 1 N–H and O–H groups in total. The summed E-state index contributed by atoms with van der Waals surface area (Å²) in [6, 6.07) is 10.2. The van der Waals surface area contributed by atoms with Crippen molar-refractivity contribution >= 4 is 17.2 Å². The predicted molar refractivity (Wildman–Crippen MR) is 127 cm³/mol. The quantitative estimate of drug-likeness (QED) is 0.559. The Labute approximate surface area is 189 Å². The first-order valence-corrected chi connectivity index (χ1v) is 11.9. The Kier molecular flexibility index (Phi) is 8.29. The minimum absolute atomic E-state index is 0.0584. The number of carbonyl (C=O) groups is 1. The molecule has 0 aliphatic carbocycles. The van der Waals surface area contributed by atoms with Crippen LogP contribution in [-0.4, -0.2) is 59.7 Å². The Balaban J connectivity index is 1.72. The average molecular weight is 443 g/mol. The summed E-state index contributed by atoms with van der Waals surface area (Å²) in [5.74, 6) is 1.36. The van der Waals surface area contributed by atoms with Crippen molar-refractivity contribution in [2.75, 3.05) is 32.8 Å². The molecule has 2 aromatic rings. The van der Waals surface area contributed by atoms with Gasteiger partial charge in [-0.05, 0) is 54.0 Å². The molecule has 1 aromatic carbocycles. The molecule has 0 saturated heterocycles. The lowest BCUT2D eigenvalue weighted by atomic mass is 10.00. The van der Waals surface area contributed by atoms with Crippen LogP contribution in [0.1, 0.15) is 48.7 Å². The standard InChI is InChI=1S/C25H34N2O3S/c1-5-12-26(15-19(4)28)16-25(29)27-13-10-24-22(11-14-31-24)23(27)17-30-21-8-6-20(7-9-21)18(2)3/h5-9,11,14,18-19,23,28H,1,10,12-13,15-17H2,2-4H3/t19-,23+/m1/s1. The number of benzene rings is 1. The highest BCUT2D eigenvalue weighted by Crippen LogP contribution is 2.34. The highest BCUT2D eigenvalue weighted by atomic mass is 32.1. The van der Waals surface area contributed by atoms with Gasteiger partial charge in [0.1, 0.15) is 12.4 Å². The van der Waals surface area contributed by atoms with Gasteiger partial charge in [0.25, 0.3) is 0 Å². The fourth-order valence-corrected chi connectivity index (χ4v) is 4.97. The molecule has 1 aliphatic rings. The lowest BCUT2D eigenvalue weighted by Crippen LogP contribution is -2.47. The highest BCUT2D eigenvalue weighted by molar-refractivity contribution is 7.10. The second-order valence-corrected chi connectivity index (χ2v) is 9.52. The Hall–Kier alpha value is -2.15. The molecule has 5 nitrogen and oxygen atoms in total. The van der Waals surface area contributed by atoms with Crippen molar-refractivity contribution in [1.29, 1.82) is 0 Å². The van der Waals surface area contributed by atoms with Crippen LogP contribution in [-0.2, 0) is 11.2 Å². The lowest BCUT2D eigenvalue weighted by molar-refractivity contribution is -0.136. The van der Waals surface area contributed by atoms with Crippen molar-refractivity contribution in [3.8, 4) is 5.75 Å². The van der Waals surface area contributed by atoms with Gasteiger partial charge in [0.15, 0.2) is 0 Å². The summed E-state index contributed by atoms with van der Waals surface area (Å²) in [6.45, 7) is 12.2. The van der Waals surface area contributed by atoms with E-state index in [-0.39, 0.29) is 18.5 Å². The molecule has 0 fully saturated rings. The number of carbonyl (C=O) groups excluding carboxylic acids is 1. The van der Waals surface area contributed by atoms with Gasteiger partial charge in [-0.3, -0.25) is 9.69 Å². The second-order valence-electron chi connectivity index (χ2n) is 8.52. The summed E-state index contributed by atoms with van der Waals surface area (Å²) >= 11 is 1.75. The van der Waals surface area contributed by atoms with Crippen molar-refractivity contribution in [2.45, 2.75) is 45.3 Å². The average Bonchev–Trinajstić information content (AvgIpc) is 3.21. The zero-order valence-corrected chi connectivity index (χ0v) is 19.6. The maximum atomic E-state index is 13.3. The van der Waals surface area contributed by atoms with E-state index in [1.54, 1.807) is 24.3 Å². The summed E-state index contributed by atoms with van der Waals surface area (Å²) in [5, 5.41) is 11.9. The number of hydrogen-bond acceptors (Lipinski definition) is 5. The zero-order valence-electron chi connectivity index (χ0n) is 18.8. The first-order valence-electron chi connectivity index (χ1n) is 11.0. The van der Waals surface area contributed by atoms with Gasteiger partial charge in [0.05, 0.1) is 18.7 Å². The molecule has 1 aliphatic heterocycles. The number of fused-ring (bicyclic) bond motifs is 1. The molecule has 0 spiro atoms. The zero-order chi connectivity index (χ0) is 22.4. The molecule has 6 heteroatoms. The Morgan fingerprint density at radius 2 is 2.06 bits per heavy atom. The summed E-state index contributed by atoms with van der Waals surface area (Å²) in [5.41, 5.74) is 2.47. The number of rotatable bonds is 10. The van der Waals surface area contributed by atoms with E-state index in [1.165, 1.54) is 16.0 Å². The van der Waals surface area contributed by atoms with Crippen LogP contribution in [0.25, 0.3) is 0 Å². The predicted octanol–water partition coefficient (Wildman–Crippen LogP) is 4.25. The van der Waals surface area contributed by atoms with Gasteiger partial charge in [-0.25, -0.2) is 0 Å². The highest BCUT2D eigenvalue weighted by Gasteiger charge is 2.32. The molecule has 168 valence electrons. The van der Waals surface area contributed by atoms with Gasteiger partial charge in [0.2, 0.25) is 5.91 Å². The normalized spacial score (nSPS) is 17.0. The summed E-state index contributed by atoms with van der Waals surface area (Å²) < 4.78 is 6.14. The van der Waals surface area contributed by atoms with Crippen molar-refractivity contribution in [1.82, 2.24) is 9.80 Å². The Morgan fingerprint density at radius 3 is 2.71 bits per heavy atom. The van der Waals surface area contributed by atoms with Crippen LogP contribution in [0.15, 0.2) is 48.4 Å². The first-order chi connectivity index (χ1) is 14.9. The van der Waals surface area contributed by atoms with Gasteiger partial charge in [-0.15, -0.1) is 17.9 Å². The van der Waals surface area contributed by atoms with Crippen LogP contribution in [0.5, 0.6) is 5.75 Å². The van der Waals surface area contributed by atoms with E-state index >= 15 is 0 Å². The van der Waals surface area contributed by atoms with Crippen molar-refractivity contribution in [2.24, 2.45) is 0 Å². The molecule has 1 aromatic heterocycles. The SMILES string of the molecule is C=CCN(CC(=O)N1CCc2sccc2[C@@H]1COc1ccc(C(C)C)cc1)C[C@@H](C)O. The Morgan fingerprint density at radius 1 is 1.32 bits per heavy atom. The minimum atomic E-state index is -0.495. The molecule has 0 saturated carbocycles. The third-order valence-corrected chi connectivity index (χ3v) is 6.63. The second kappa shape index (κ2) is 10.9. The van der Waals surface area contributed by atoms with Crippen LogP contribution >= 0.6 is 11.3 Å². The molecule has 0 radical (unpaired) electrons. The van der Waals surface area contributed by atoms with Crippen molar-refractivity contribution in [3.63, 3.8) is 0 Å². The number of ether oxygens (including phenoxy) is 1. The van der Waals surface area contributed by atoms with Crippen molar-refractivity contribution < 1.29 is 14.6 Å². The number of hydrogen-bond donors (Lipinski definition) is 1. The molecule has 2 heterocycles. The van der Waals surface area contributed by atoms with E-state index in [9.17, 15) is 9.90 Å². The first kappa shape index (κ1) is 23.5. The molecular formula is C25H34N2O3S. The van der Waals surface area contributed by atoms with E-state index in [1.807, 2.05) is 21.9 Å². The van der Waals surface area contributed by atoms with Crippen LogP contribution < -0.4 is 4.74 Å². The molecule has 1 amide bonds. The smallest absolute Gasteiger partial charge is 0.237 e. The van der Waals surface area contributed by atoms with E-state index in [4.69, 9.17) is 4.74 Å². The van der Waals surface area contributed by atoms with E-state index < -0.39 is 6.10 Å². The molecular weight excluding hydrogens is 408 g/mol. The third-order valence-electron chi connectivity index (χ3n) is 5.64. The number of aliphatic hydroxyl groups is 1. The molecule has 31 heavy (non-hydrogen) atoms. The third kappa shape index (κ3) is 6.19.